The summed E-state index contributed by atoms with van der Waals surface area (Å²) in [5.74, 6) is 1.00. The molecule has 0 amide bonds. The van der Waals surface area contributed by atoms with E-state index in [1.54, 1.807) is 6.33 Å². The molecule has 1 aliphatic heterocycles. The smallest absolute Gasteiger partial charge is 0.296 e. The van der Waals surface area contributed by atoms with Gasteiger partial charge in [-0.2, -0.15) is 9.55 Å². The average Bonchev–Trinajstić information content (AvgIpc) is 2.82. The molecule has 4 nitrogen and oxygen atoms in total. The first-order valence-electron chi connectivity index (χ1n) is 4.06. The molecular weight excluding hydrogens is 438 g/mol. The topological polar surface area (TPSA) is 45.5 Å². The third-order valence-electron chi connectivity index (χ3n) is 2.14. The number of nitrogens with zero attached hydrogens (tertiary/aromatic N) is 3. The number of rotatable bonds is 0. The molecule has 3 rings (SSSR count). The van der Waals surface area contributed by atoms with E-state index in [9.17, 15) is 0 Å². The molecule has 0 saturated heterocycles. The van der Waals surface area contributed by atoms with Crippen LogP contribution in [0.15, 0.2) is 21.8 Å². The van der Waals surface area contributed by atoms with Gasteiger partial charge in [0.15, 0.2) is 10.5 Å². The maximum absolute atomic E-state index is 4.27. The molecule has 7 heteroatoms. The Morgan fingerprint density at radius 2 is 2.40 bits per heavy atom. The Balaban J connectivity index is 0.000000853. The van der Waals surface area contributed by atoms with Gasteiger partial charge >= 0.3 is 0 Å². The number of aromatic amines is 1. The molecule has 0 atom stereocenters. The number of imidazole rings is 1. The van der Waals surface area contributed by atoms with Crippen molar-refractivity contribution in [2.45, 2.75) is 5.03 Å². The molecule has 0 bridgehead atoms. The monoisotopic (exact) mass is 444 g/mol. The molecule has 78 valence electrons. The first kappa shape index (κ1) is 11.6. The highest BCUT2D eigenvalue weighted by Crippen LogP contribution is 2.29. The fourth-order valence-electron chi connectivity index (χ4n) is 1.47. The first-order valence-corrected chi connectivity index (χ1v) is 6.29. The van der Waals surface area contributed by atoms with Crippen LogP contribution in [0.1, 0.15) is 0 Å². The number of aromatic nitrogens is 4. The van der Waals surface area contributed by atoms with E-state index in [1.165, 1.54) is 10.7 Å². The van der Waals surface area contributed by atoms with Gasteiger partial charge in [-0.15, -0.1) is 0 Å². The highest BCUT2D eigenvalue weighted by molar-refractivity contribution is 14.1. The lowest BCUT2D eigenvalue weighted by atomic mass is 10.5. The van der Waals surface area contributed by atoms with E-state index in [1.807, 2.05) is 18.1 Å². The lowest BCUT2D eigenvalue weighted by Crippen LogP contribution is -3.00. The van der Waals surface area contributed by atoms with Crippen LogP contribution < -0.4 is 28.5 Å². The van der Waals surface area contributed by atoms with Crippen LogP contribution in [0, 0.1) is 0 Å². The summed E-state index contributed by atoms with van der Waals surface area (Å²) in [6.07, 6.45) is 3.52. The van der Waals surface area contributed by atoms with Crippen LogP contribution in [0.25, 0.3) is 16.9 Å². The number of hydrogen-bond donors (Lipinski definition) is 1. The molecule has 1 aliphatic rings. The largest absolute Gasteiger partial charge is 1.00 e. The number of thioether (sulfide) groups is 1. The van der Waals surface area contributed by atoms with E-state index in [-0.39, 0.29) is 24.0 Å². The van der Waals surface area contributed by atoms with Gasteiger partial charge in [-0.1, -0.05) is 11.8 Å². The van der Waals surface area contributed by atoms with E-state index < -0.39 is 0 Å². The van der Waals surface area contributed by atoms with Crippen molar-refractivity contribution in [3.05, 3.63) is 16.7 Å². The Bertz CT molecular complexity index is 536. The van der Waals surface area contributed by atoms with E-state index in [0.717, 1.165) is 16.9 Å². The fraction of sp³-hybridized carbons (Fsp3) is 0.125. The van der Waals surface area contributed by atoms with E-state index >= 15 is 0 Å². The molecule has 0 radical (unpaired) electrons. The number of nitrogens with one attached hydrogen (secondary N) is 1. The Hall–Kier alpha value is 0.1000. The Morgan fingerprint density at radius 3 is 3.20 bits per heavy atom. The summed E-state index contributed by atoms with van der Waals surface area (Å²) in [7, 11) is 0. The Kier molecular flexibility index (Phi) is 3.50. The Labute approximate surface area is 121 Å². The molecular formula is C8H6I2N4S. The van der Waals surface area contributed by atoms with Crippen molar-refractivity contribution in [3.63, 3.8) is 0 Å². The number of halogens is 2. The van der Waals surface area contributed by atoms with Gasteiger partial charge in [0, 0.05) is 4.08 Å². The number of H-pyrrole nitrogens is 1. The average molecular weight is 444 g/mol. The van der Waals surface area contributed by atoms with Crippen LogP contribution in [-0.4, -0.2) is 20.7 Å². The standard InChI is InChI=1S/C8H5IN4S.HI/c9-1-5-2-14-8-6-7(11-3-10-6)12-4-13(5)8;/h1,3-4H,2H2;1H/b5-1+;. The molecule has 1 N–H and O–H groups in total. The van der Waals surface area contributed by atoms with Gasteiger partial charge in [-0.05, 0) is 27.6 Å². The number of hydrogen-bond acceptors (Lipinski definition) is 3. The molecule has 2 aromatic rings. The van der Waals surface area contributed by atoms with Gasteiger partial charge < -0.3 is 29.0 Å². The first-order chi connectivity index (χ1) is 6.90. The van der Waals surface area contributed by atoms with Gasteiger partial charge in [-0.25, -0.2) is 0 Å². The van der Waals surface area contributed by atoms with Crippen LogP contribution >= 0.6 is 34.4 Å². The summed E-state index contributed by atoms with van der Waals surface area (Å²) in [5.41, 5.74) is 3.10. The van der Waals surface area contributed by atoms with Gasteiger partial charge in [-0.3, -0.25) is 0 Å². The summed E-state index contributed by atoms with van der Waals surface area (Å²) in [4.78, 5) is 11.5. The van der Waals surface area contributed by atoms with E-state index in [4.69, 9.17) is 0 Å². The summed E-state index contributed by atoms with van der Waals surface area (Å²) in [6.45, 7) is 0. The van der Waals surface area contributed by atoms with Crippen molar-refractivity contribution < 1.29 is 28.5 Å². The zero-order valence-corrected chi connectivity index (χ0v) is 12.6. The van der Waals surface area contributed by atoms with Gasteiger partial charge in [0.05, 0.1) is 12.1 Å². The lowest BCUT2D eigenvalue weighted by molar-refractivity contribution is -0.618. The number of fused-ring (bicyclic) bond motifs is 3. The minimum Gasteiger partial charge on any atom is -1.00 e. The van der Waals surface area contributed by atoms with E-state index in [2.05, 4.69) is 46.2 Å². The second-order valence-corrected chi connectivity index (χ2v) is 4.50. The second kappa shape index (κ2) is 4.53. The predicted octanol–water partition coefficient (Wildman–Crippen LogP) is -1.41. The van der Waals surface area contributed by atoms with Crippen molar-refractivity contribution in [2.24, 2.45) is 0 Å². The molecule has 0 saturated carbocycles. The summed E-state index contributed by atoms with van der Waals surface area (Å²) >= 11 is 4.07. The SMILES string of the molecule is I/C=C1\CSc2c3[nH]cnc3nc[n+]21.[I-]. The Morgan fingerprint density at radius 1 is 1.53 bits per heavy atom. The maximum Gasteiger partial charge on any atom is 0.296 e. The highest BCUT2D eigenvalue weighted by atomic mass is 127. The third kappa shape index (κ3) is 1.78. The quantitative estimate of drug-likeness (QED) is 0.309. The maximum atomic E-state index is 4.27. The van der Waals surface area contributed by atoms with Crippen LogP contribution in [0.3, 0.4) is 0 Å². The molecule has 0 spiro atoms. The van der Waals surface area contributed by atoms with Gasteiger partial charge in [0.25, 0.3) is 12.0 Å². The van der Waals surface area contributed by atoms with Gasteiger partial charge in [0.2, 0.25) is 0 Å². The van der Waals surface area contributed by atoms with Crippen molar-refractivity contribution in [2.75, 3.05) is 5.75 Å². The van der Waals surface area contributed by atoms with Crippen LogP contribution in [-0.2, 0) is 0 Å². The molecule has 15 heavy (non-hydrogen) atoms. The highest BCUT2D eigenvalue weighted by Gasteiger charge is 2.26. The third-order valence-corrected chi connectivity index (χ3v) is 3.97. The normalized spacial score (nSPS) is 16.7. The summed E-state index contributed by atoms with van der Waals surface area (Å²) in [5, 5.41) is 1.20. The molecule has 2 aromatic heterocycles. The zero-order valence-electron chi connectivity index (χ0n) is 7.44. The molecule has 0 aliphatic carbocycles. The predicted molar refractivity (Wildman–Crippen MR) is 63.1 cm³/mol. The second-order valence-electron chi connectivity index (χ2n) is 2.91. The molecule has 0 fully saturated rings. The van der Waals surface area contributed by atoms with Crippen molar-refractivity contribution >= 4 is 51.2 Å². The minimum atomic E-state index is 0. The van der Waals surface area contributed by atoms with Crippen LogP contribution in [0.2, 0.25) is 0 Å². The van der Waals surface area contributed by atoms with Crippen LogP contribution in [0.5, 0.6) is 0 Å². The summed E-state index contributed by atoms with van der Waals surface area (Å²) < 4.78 is 4.20. The van der Waals surface area contributed by atoms with Crippen molar-refractivity contribution in [1.82, 2.24) is 15.0 Å². The molecule has 0 aromatic carbocycles. The van der Waals surface area contributed by atoms with Crippen molar-refractivity contribution in [1.29, 1.82) is 0 Å². The zero-order chi connectivity index (χ0) is 9.54. The van der Waals surface area contributed by atoms with Crippen LogP contribution in [0.4, 0.5) is 0 Å². The van der Waals surface area contributed by atoms with E-state index in [0.29, 0.717) is 0 Å². The lowest BCUT2D eigenvalue weighted by Gasteiger charge is -1.93. The molecule has 3 heterocycles. The fourth-order valence-corrected chi connectivity index (χ4v) is 3.39. The van der Waals surface area contributed by atoms with Crippen molar-refractivity contribution in [3.8, 4) is 0 Å². The molecule has 0 unspecified atom stereocenters. The summed E-state index contributed by atoms with van der Waals surface area (Å²) in [6, 6.07) is 0. The van der Waals surface area contributed by atoms with Gasteiger partial charge in [0.1, 0.15) is 5.70 Å². The minimum absolute atomic E-state index is 0.